The molecule has 0 radical (unpaired) electrons. The molecule has 3 N–H and O–H groups in total. The largest absolute Gasteiger partial charge is 0.298 e. The van der Waals surface area contributed by atoms with Gasteiger partial charge in [0, 0.05) is 18.7 Å². The molecule has 4 heteroatoms. The van der Waals surface area contributed by atoms with Crippen molar-refractivity contribution in [3.05, 3.63) is 70.8 Å². The monoisotopic (exact) mass is 283 g/mol. The Bertz CT molecular complexity index is 608. The van der Waals surface area contributed by atoms with Gasteiger partial charge >= 0.3 is 0 Å². The molecule has 2 aromatic carbocycles. The van der Waals surface area contributed by atoms with Gasteiger partial charge in [-0.2, -0.15) is 0 Å². The molecule has 0 aromatic heterocycles. The van der Waals surface area contributed by atoms with Crippen molar-refractivity contribution in [2.45, 2.75) is 20.0 Å². The summed E-state index contributed by atoms with van der Waals surface area (Å²) in [6.07, 6.45) is 0. The number of carbonyl (C=O) groups excluding carboxylic acids is 1. The Kier molecular flexibility index (Phi) is 5.09. The van der Waals surface area contributed by atoms with Gasteiger partial charge in [-0.1, -0.05) is 36.4 Å². The quantitative estimate of drug-likeness (QED) is 0.502. The number of hydrogen-bond acceptors (Lipinski definition) is 3. The molecule has 21 heavy (non-hydrogen) atoms. The van der Waals surface area contributed by atoms with Crippen LogP contribution in [-0.2, 0) is 13.1 Å². The standard InChI is InChI=1S/C17H21N3O/c1-13-5-3-4-6-16(13)12-20(2)11-14-7-9-15(10-8-14)17(21)19-18/h3-10H,11-12,18H2,1-2H3,(H,19,21). The lowest BCUT2D eigenvalue weighted by Gasteiger charge is -2.18. The minimum absolute atomic E-state index is 0.269. The van der Waals surface area contributed by atoms with Crippen LogP contribution in [0.4, 0.5) is 0 Å². The molecule has 0 heterocycles. The summed E-state index contributed by atoms with van der Waals surface area (Å²) in [5, 5.41) is 0. The first kappa shape index (κ1) is 15.2. The van der Waals surface area contributed by atoms with Crippen LogP contribution in [0.5, 0.6) is 0 Å². The first-order valence-electron chi connectivity index (χ1n) is 6.93. The zero-order valence-corrected chi connectivity index (χ0v) is 12.5. The van der Waals surface area contributed by atoms with Crippen molar-refractivity contribution >= 4 is 5.91 Å². The third-order valence-corrected chi connectivity index (χ3v) is 3.50. The van der Waals surface area contributed by atoms with Crippen molar-refractivity contribution in [1.29, 1.82) is 0 Å². The van der Waals surface area contributed by atoms with E-state index in [1.54, 1.807) is 12.1 Å². The van der Waals surface area contributed by atoms with E-state index in [0.29, 0.717) is 5.56 Å². The van der Waals surface area contributed by atoms with Crippen molar-refractivity contribution in [2.75, 3.05) is 7.05 Å². The average Bonchev–Trinajstić information content (AvgIpc) is 2.49. The number of nitrogens with one attached hydrogen (secondary N) is 1. The molecule has 0 aliphatic carbocycles. The lowest BCUT2D eigenvalue weighted by atomic mass is 10.1. The number of hydrazine groups is 1. The molecule has 110 valence electrons. The Morgan fingerprint density at radius 2 is 1.76 bits per heavy atom. The summed E-state index contributed by atoms with van der Waals surface area (Å²) in [5.74, 6) is 4.85. The van der Waals surface area contributed by atoms with Crippen LogP contribution in [-0.4, -0.2) is 17.9 Å². The van der Waals surface area contributed by atoms with E-state index in [-0.39, 0.29) is 5.91 Å². The number of amides is 1. The zero-order chi connectivity index (χ0) is 15.2. The van der Waals surface area contributed by atoms with Crippen molar-refractivity contribution < 1.29 is 4.79 Å². The van der Waals surface area contributed by atoms with Crippen LogP contribution in [0.2, 0.25) is 0 Å². The van der Waals surface area contributed by atoms with E-state index in [1.807, 2.05) is 12.1 Å². The Labute approximate surface area is 125 Å². The van der Waals surface area contributed by atoms with E-state index in [2.05, 4.69) is 48.6 Å². The van der Waals surface area contributed by atoms with E-state index in [9.17, 15) is 4.79 Å². The molecule has 2 aromatic rings. The summed E-state index contributed by atoms with van der Waals surface area (Å²) in [6, 6.07) is 15.9. The molecule has 0 bridgehead atoms. The molecule has 0 aliphatic rings. The van der Waals surface area contributed by atoms with Gasteiger partial charge in [0.05, 0.1) is 0 Å². The molecule has 0 aliphatic heterocycles. The first-order valence-corrected chi connectivity index (χ1v) is 6.93. The highest BCUT2D eigenvalue weighted by Crippen LogP contribution is 2.12. The van der Waals surface area contributed by atoms with Gasteiger partial charge in [0.1, 0.15) is 0 Å². The number of carbonyl (C=O) groups is 1. The predicted molar refractivity (Wildman–Crippen MR) is 84.4 cm³/mol. The van der Waals surface area contributed by atoms with Crippen molar-refractivity contribution in [2.24, 2.45) is 5.84 Å². The summed E-state index contributed by atoms with van der Waals surface area (Å²) in [6.45, 7) is 3.86. The summed E-state index contributed by atoms with van der Waals surface area (Å²) in [4.78, 5) is 13.6. The van der Waals surface area contributed by atoms with Gasteiger partial charge in [0.2, 0.25) is 0 Å². The number of benzene rings is 2. The SMILES string of the molecule is Cc1ccccc1CN(C)Cc1ccc(C(=O)NN)cc1. The average molecular weight is 283 g/mol. The van der Waals surface area contributed by atoms with E-state index >= 15 is 0 Å². The van der Waals surface area contributed by atoms with E-state index in [0.717, 1.165) is 13.1 Å². The number of nitrogen functional groups attached to an aromatic ring is 1. The highest BCUT2D eigenvalue weighted by molar-refractivity contribution is 5.93. The van der Waals surface area contributed by atoms with Gasteiger partial charge < -0.3 is 0 Å². The summed E-state index contributed by atoms with van der Waals surface area (Å²) in [5.41, 5.74) is 6.51. The fraction of sp³-hybridized carbons (Fsp3) is 0.235. The summed E-state index contributed by atoms with van der Waals surface area (Å²) >= 11 is 0. The predicted octanol–water partition coefficient (Wildman–Crippen LogP) is 2.23. The van der Waals surface area contributed by atoms with Crippen LogP contribution in [0.25, 0.3) is 0 Å². The molecule has 0 atom stereocenters. The molecular weight excluding hydrogens is 262 g/mol. The van der Waals surface area contributed by atoms with Crippen LogP contribution in [0, 0.1) is 6.92 Å². The maximum absolute atomic E-state index is 11.4. The van der Waals surface area contributed by atoms with Crippen molar-refractivity contribution in [3.8, 4) is 0 Å². The van der Waals surface area contributed by atoms with Gasteiger partial charge in [0.15, 0.2) is 0 Å². The van der Waals surface area contributed by atoms with Gasteiger partial charge in [0.25, 0.3) is 5.91 Å². The lowest BCUT2D eigenvalue weighted by Crippen LogP contribution is -2.29. The van der Waals surface area contributed by atoms with Gasteiger partial charge in [-0.3, -0.25) is 15.1 Å². The van der Waals surface area contributed by atoms with Crippen LogP contribution in [0.3, 0.4) is 0 Å². The Morgan fingerprint density at radius 3 is 2.38 bits per heavy atom. The molecule has 0 spiro atoms. The minimum Gasteiger partial charge on any atom is -0.298 e. The normalized spacial score (nSPS) is 10.7. The summed E-state index contributed by atoms with van der Waals surface area (Å²) in [7, 11) is 2.09. The molecule has 4 nitrogen and oxygen atoms in total. The topological polar surface area (TPSA) is 58.4 Å². The smallest absolute Gasteiger partial charge is 0.265 e. The van der Waals surface area contributed by atoms with Gasteiger partial charge in [-0.05, 0) is 42.8 Å². The third kappa shape index (κ3) is 4.15. The highest BCUT2D eigenvalue weighted by atomic mass is 16.2. The van der Waals surface area contributed by atoms with E-state index in [4.69, 9.17) is 5.84 Å². The molecule has 1 amide bonds. The van der Waals surface area contributed by atoms with Crippen molar-refractivity contribution in [1.82, 2.24) is 10.3 Å². The van der Waals surface area contributed by atoms with Gasteiger partial charge in [-0.25, -0.2) is 5.84 Å². The zero-order valence-electron chi connectivity index (χ0n) is 12.5. The fourth-order valence-electron chi connectivity index (χ4n) is 2.29. The third-order valence-electron chi connectivity index (χ3n) is 3.50. The molecule has 0 saturated heterocycles. The Hall–Kier alpha value is -2.17. The molecule has 0 unspecified atom stereocenters. The number of rotatable bonds is 5. The molecule has 0 fully saturated rings. The molecular formula is C17H21N3O. The van der Waals surface area contributed by atoms with Crippen LogP contribution >= 0.6 is 0 Å². The fourth-order valence-corrected chi connectivity index (χ4v) is 2.29. The van der Waals surface area contributed by atoms with Crippen LogP contribution < -0.4 is 11.3 Å². The second kappa shape index (κ2) is 7.02. The number of nitrogens with two attached hydrogens (primary N) is 1. The van der Waals surface area contributed by atoms with Crippen LogP contribution in [0.1, 0.15) is 27.0 Å². The van der Waals surface area contributed by atoms with E-state index < -0.39 is 0 Å². The summed E-state index contributed by atoms with van der Waals surface area (Å²) < 4.78 is 0. The maximum atomic E-state index is 11.4. The van der Waals surface area contributed by atoms with E-state index in [1.165, 1.54) is 16.7 Å². The Morgan fingerprint density at radius 1 is 1.10 bits per heavy atom. The minimum atomic E-state index is -0.269. The maximum Gasteiger partial charge on any atom is 0.265 e. The Balaban J connectivity index is 1.98. The second-order valence-corrected chi connectivity index (χ2v) is 5.27. The highest BCUT2D eigenvalue weighted by Gasteiger charge is 2.06. The second-order valence-electron chi connectivity index (χ2n) is 5.27. The lowest BCUT2D eigenvalue weighted by molar-refractivity contribution is 0.0953. The number of aryl methyl sites for hydroxylation is 1. The van der Waals surface area contributed by atoms with Gasteiger partial charge in [-0.15, -0.1) is 0 Å². The molecule has 0 saturated carbocycles. The van der Waals surface area contributed by atoms with Crippen LogP contribution in [0.15, 0.2) is 48.5 Å². The number of hydrogen-bond donors (Lipinski definition) is 2. The number of nitrogens with zero attached hydrogens (tertiary/aromatic N) is 1. The van der Waals surface area contributed by atoms with Crippen molar-refractivity contribution in [3.63, 3.8) is 0 Å². The first-order chi connectivity index (χ1) is 10.1. The molecule has 2 rings (SSSR count).